The number of aliphatic carboxylic acids is 1. The van der Waals surface area contributed by atoms with Crippen LogP contribution in [-0.2, 0) is 11.3 Å². The van der Waals surface area contributed by atoms with E-state index >= 15 is 0 Å². The number of hydrogen-bond donors (Lipinski definition) is 1. The monoisotopic (exact) mass is 287 g/mol. The highest BCUT2D eigenvalue weighted by molar-refractivity contribution is 5.76. The number of rotatable bonds is 4. The SMILES string of the molecule is O=C(O)C1c2ccccc2OCCN1CCn1ccnc1. The van der Waals surface area contributed by atoms with Crippen LogP contribution >= 0.6 is 0 Å². The zero-order valence-electron chi connectivity index (χ0n) is 11.6. The second kappa shape index (κ2) is 5.97. The molecule has 0 saturated heterocycles. The molecule has 1 aromatic heterocycles. The van der Waals surface area contributed by atoms with Crippen LogP contribution in [0.5, 0.6) is 5.75 Å². The minimum absolute atomic E-state index is 0.491. The zero-order valence-corrected chi connectivity index (χ0v) is 11.6. The first kappa shape index (κ1) is 13.6. The van der Waals surface area contributed by atoms with E-state index < -0.39 is 12.0 Å². The van der Waals surface area contributed by atoms with Crippen LogP contribution in [0, 0.1) is 0 Å². The van der Waals surface area contributed by atoms with Crippen molar-refractivity contribution in [1.82, 2.24) is 14.5 Å². The van der Waals surface area contributed by atoms with E-state index in [9.17, 15) is 9.90 Å². The third-order valence-corrected chi connectivity index (χ3v) is 3.65. The molecule has 21 heavy (non-hydrogen) atoms. The molecule has 110 valence electrons. The highest BCUT2D eigenvalue weighted by Gasteiger charge is 2.31. The first-order valence-electron chi connectivity index (χ1n) is 6.90. The molecular weight excluding hydrogens is 270 g/mol. The van der Waals surface area contributed by atoms with Crippen LogP contribution in [0.3, 0.4) is 0 Å². The Balaban J connectivity index is 1.83. The van der Waals surface area contributed by atoms with E-state index in [0.29, 0.717) is 37.6 Å². The Labute approximate surface area is 122 Å². The van der Waals surface area contributed by atoms with Crippen molar-refractivity contribution >= 4 is 5.97 Å². The molecule has 6 heteroatoms. The fourth-order valence-electron chi connectivity index (χ4n) is 2.63. The van der Waals surface area contributed by atoms with Crippen molar-refractivity contribution in [2.75, 3.05) is 19.7 Å². The molecule has 0 radical (unpaired) electrons. The standard InChI is InChI=1S/C15H17N3O3/c19-15(20)14-12-3-1-2-4-13(12)21-10-9-18(14)8-7-17-6-5-16-11-17/h1-6,11,14H,7-10H2,(H,19,20). The molecule has 0 amide bonds. The maximum atomic E-state index is 11.7. The summed E-state index contributed by atoms with van der Waals surface area (Å²) in [6, 6.07) is 6.68. The van der Waals surface area contributed by atoms with Crippen molar-refractivity contribution in [3.8, 4) is 5.75 Å². The molecule has 1 aliphatic heterocycles. The molecule has 3 rings (SSSR count). The van der Waals surface area contributed by atoms with Crippen molar-refractivity contribution in [2.24, 2.45) is 0 Å². The van der Waals surface area contributed by atoms with Crippen molar-refractivity contribution in [3.05, 3.63) is 48.5 Å². The summed E-state index contributed by atoms with van der Waals surface area (Å²) in [4.78, 5) is 17.7. The molecule has 0 spiro atoms. The molecular formula is C15H17N3O3. The third kappa shape index (κ3) is 2.90. The number of benzene rings is 1. The molecule has 1 atom stereocenters. The molecule has 1 aromatic carbocycles. The number of aromatic nitrogens is 2. The number of para-hydroxylation sites is 1. The van der Waals surface area contributed by atoms with Crippen LogP contribution in [0.2, 0.25) is 0 Å². The summed E-state index contributed by atoms with van der Waals surface area (Å²) in [5, 5.41) is 9.62. The summed E-state index contributed by atoms with van der Waals surface area (Å²) >= 11 is 0. The normalized spacial score (nSPS) is 18.6. The van der Waals surface area contributed by atoms with Gasteiger partial charge in [-0.15, -0.1) is 0 Å². The van der Waals surface area contributed by atoms with Gasteiger partial charge in [-0.25, -0.2) is 4.98 Å². The minimum Gasteiger partial charge on any atom is -0.492 e. The van der Waals surface area contributed by atoms with E-state index in [0.717, 1.165) is 0 Å². The van der Waals surface area contributed by atoms with Gasteiger partial charge in [0.25, 0.3) is 0 Å². The van der Waals surface area contributed by atoms with Gasteiger partial charge in [-0.2, -0.15) is 0 Å². The van der Waals surface area contributed by atoms with Gasteiger partial charge < -0.3 is 14.4 Å². The fraction of sp³-hybridized carbons (Fsp3) is 0.333. The second-order valence-electron chi connectivity index (χ2n) is 4.96. The number of carboxylic acids is 1. The Kier molecular flexibility index (Phi) is 3.87. The first-order valence-corrected chi connectivity index (χ1v) is 6.90. The number of ether oxygens (including phenoxy) is 1. The number of carboxylic acid groups (broad SMARTS) is 1. The summed E-state index contributed by atoms with van der Waals surface area (Å²) in [5.41, 5.74) is 0.716. The number of fused-ring (bicyclic) bond motifs is 1. The van der Waals surface area contributed by atoms with Crippen LogP contribution in [0.4, 0.5) is 0 Å². The summed E-state index contributed by atoms with van der Waals surface area (Å²) < 4.78 is 7.61. The van der Waals surface area contributed by atoms with Crippen molar-refractivity contribution in [2.45, 2.75) is 12.6 Å². The van der Waals surface area contributed by atoms with Gasteiger partial charge in [-0.3, -0.25) is 9.69 Å². The number of carbonyl (C=O) groups is 1. The predicted octanol–water partition coefficient (Wildman–Crippen LogP) is 1.40. The van der Waals surface area contributed by atoms with Crippen LogP contribution in [-0.4, -0.2) is 45.2 Å². The molecule has 0 saturated carbocycles. The summed E-state index contributed by atoms with van der Waals surface area (Å²) in [7, 11) is 0. The Hall–Kier alpha value is -2.34. The van der Waals surface area contributed by atoms with Crippen LogP contribution in [0.25, 0.3) is 0 Å². The van der Waals surface area contributed by atoms with Crippen LogP contribution in [0.1, 0.15) is 11.6 Å². The predicted molar refractivity (Wildman–Crippen MR) is 76.1 cm³/mol. The van der Waals surface area contributed by atoms with Gasteiger partial charge in [0.15, 0.2) is 0 Å². The maximum absolute atomic E-state index is 11.7. The van der Waals surface area contributed by atoms with E-state index in [1.165, 1.54) is 0 Å². The van der Waals surface area contributed by atoms with Gasteiger partial charge in [0.1, 0.15) is 18.4 Å². The second-order valence-corrected chi connectivity index (χ2v) is 4.96. The topological polar surface area (TPSA) is 67.6 Å². The number of hydrogen-bond acceptors (Lipinski definition) is 4. The summed E-state index contributed by atoms with van der Waals surface area (Å²) in [6.45, 7) is 2.40. The Morgan fingerprint density at radius 1 is 1.38 bits per heavy atom. The molecule has 2 aromatic rings. The van der Waals surface area contributed by atoms with Gasteiger partial charge in [0.05, 0.1) is 6.33 Å². The van der Waals surface area contributed by atoms with Gasteiger partial charge in [0, 0.05) is 37.6 Å². The molecule has 1 N–H and O–H groups in total. The number of imidazole rings is 1. The molecule has 0 fully saturated rings. The molecule has 2 heterocycles. The largest absolute Gasteiger partial charge is 0.492 e. The van der Waals surface area contributed by atoms with Crippen molar-refractivity contribution < 1.29 is 14.6 Å². The highest BCUT2D eigenvalue weighted by Crippen LogP contribution is 2.31. The third-order valence-electron chi connectivity index (χ3n) is 3.65. The van der Waals surface area contributed by atoms with Gasteiger partial charge in [-0.1, -0.05) is 18.2 Å². The summed E-state index contributed by atoms with van der Waals surface area (Å²) in [6.07, 6.45) is 5.32. The quantitative estimate of drug-likeness (QED) is 0.920. The lowest BCUT2D eigenvalue weighted by atomic mass is 10.0. The molecule has 0 bridgehead atoms. The Bertz CT molecular complexity index is 612. The maximum Gasteiger partial charge on any atom is 0.325 e. The molecule has 1 unspecified atom stereocenters. The van der Waals surface area contributed by atoms with E-state index in [2.05, 4.69) is 4.98 Å². The molecule has 0 aliphatic carbocycles. The van der Waals surface area contributed by atoms with Crippen LogP contribution in [0.15, 0.2) is 43.0 Å². The van der Waals surface area contributed by atoms with E-state index in [1.54, 1.807) is 12.5 Å². The smallest absolute Gasteiger partial charge is 0.325 e. The average molecular weight is 287 g/mol. The molecule has 6 nitrogen and oxygen atoms in total. The molecule has 1 aliphatic rings. The lowest BCUT2D eigenvalue weighted by molar-refractivity contribution is -0.143. The van der Waals surface area contributed by atoms with E-state index in [1.807, 2.05) is 39.9 Å². The fourth-order valence-corrected chi connectivity index (χ4v) is 2.63. The average Bonchev–Trinajstić information content (AvgIpc) is 2.91. The van der Waals surface area contributed by atoms with Gasteiger partial charge >= 0.3 is 5.97 Å². The Morgan fingerprint density at radius 2 is 2.24 bits per heavy atom. The van der Waals surface area contributed by atoms with Crippen molar-refractivity contribution in [3.63, 3.8) is 0 Å². The number of nitrogens with zero attached hydrogens (tertiary/aromatic N) is 3. The van der Waals surface area contributed by atoms with E-state index in [-0.39, 0.29) is 0 Å². The Morgan fingerprint density at radius 3 is 3.00 bits per heavy atom. The van der Waals surface area contributed by atoms with Gasteiger partial charge in [0.2, 0.25) is 0 Å². The highest BCUT2D eigenvalue weighted by atomic mass is 16.5. The zero-order chi connectivity index (χ0) is 14.7. The van der Waals surface area contributed by atoms with Crippen LogP contribution < -0.4 is 4.74 Å². The van der Waals surface area contributed by atoms with Crippen molar-refractivity contribution in [1.29, 1.82) is 0 Å². The van der Waals surface area contributed by atoms with E-state index in [4.69, 9.17) is 4.74 Å². The first-order chi connectivity index (χ1) is 10.3. The lowest BCUT2D eigenvalue weighted by Gasteiger charge is -2.26. The minimum atomic E-state index is -0.849. The van der Waals surface area contributed by atoms with Gasteiger partial charge in [-0.05, 0) is 6.07 Å². The summed E-state index contributed by atoms with van der Waals surface area (Å²) in [5.74, 6) is -0.186. The lowest BCUT2D eigenvalue weighted by Crippen LogP contribution is -2.37.